The van der Waals surface area contributed by atoms with Crippen molar-refractivity contribution in [3.05, 3.63) is 29.8 Å². The Morgan fingerprint density at radius 3 is 2.58 bits per heavy atom. The van der Waals surface area contributed by atoms with Crippen molar-refractivity contribution >= 4 is 21.4 Å². The van der Waals surface area contributed by atoms with Gasteiger partial charge in [0.05, 0.1) is 10.6 Å². The van der Waals surface area contributed by atoms with Gasteiger partial charge in [-0.25, -0.2) is 8.42 Å². The van der Waals surface area contributed by atoms with E-state index in [1.807, 2.05) is 18.2 Å². The van der Waals surface area contributed by atoms with Gasteiger partial charge in [-0.15, -0.1) is 11.6 Å². The lowest BCUT2D eigenvalue weighted by Gasteiger charge is -2.35. The first-order valence-corrected chi connectivity index (χ1v) is 9.12. The Bertz CT molecular complexity index is 627. The quantitative estimate of drug-likeness (QED) is 0.785. The van der Waals surface area contributed by atoms with Gasteiger partial charge in [0.25, 0.3) is 0 Å². The molecule has 19 heavy (non-hydrogen) atoms. The number of sulfone groups is 1. The van der Waals surface area contributed by atoms with Crippen LogP contribution >= 0.6 is 11.6 Å². The van der Waals surface area contributed by atoms with Gasteiger partial charge in [0.1, 0.15) is 0 Å². The maximum absolute atomic E-state index is 12.3. The van der Waals surface area contributed by atoms with Crippen molar-refractivity contribution < 1.29 is 8.42 Å². The Labute approximate surface area is 119 Å². The van der Waals surface area contributed by atoms with Gasteiger partial charge in [-0.05, 0) is 48.1 Å². The summed E-state index contributed by atoms with van der Waals surface area (Å²) in [5.74, 6) is 2.59. The molecular formula is C15H17ClO2S. The Balaban J connectivity index is 1.81. The van der Waals surface area contributed by atoms with Crippen molar-refractivity contribution in [1.82, 2.24) is 0 Å². The average molecular weight is 297 g/mol. The van der Waals surface area contributed by atoms with Gasteiger partial charge in [0, 0.05) is 11.8 Å². The highest BCUT2D eigenvalue weighted by Crippen LogP contribution is 2.65. The first-order valence-electron chi connectivity index (χ1n) is 6.93. The molecule has 4 heteroatoms. The monoisotopic (exact) mass is 296 g/mol. The Morgan fingerprint density at radius 2 is 1.89 bits per heavy atom. The number of halogens is 1. The maximum atomic E-state index is 12.3. The van der Waals surface area contributed by atoms with E-state index in [1.165, 1.54) is 6.42 Å². The second-order valence-corrected chi connectivity index (χ2v) is 8.80. The third kappa shape index (κ3) is 1.64. The van der Waals surface area contributed by atoms with Crippen LogP contribution in [-0.2, 0) is 9.84 Å². The standard InChI is InChI=1S/C15H17ClO2S/c16-9-15(6-10-5-11(10)7-15)13-8-19(17,18)14-4-2-1-3-12(13)14/h1-4,10-11,13H,5-9H2. The van der Waals surface area contributed by atoms with E-state index in [-0.39, 0.29) is 17.1 Å². The first-order chi connectivity index (χ1) is 9.06. The van der Waals surface area contributed by atoms with E-state index in [1.54, 1.807) is 6.07 Å². The summed E-state index contributed by atoms with van der Waals surface area (Å²) < 4.78 is 24.7. The molecule has 0 spiro atoms. The topological polar surface area (TPSA) is 34.1 Å². The molecule has 0 aromatic heterocycles. The van der Waals surface area contributed by atoms with Gasteiger partial charge in [-0.1, -0.05) is 18.2 Å². The van der Waals surface area contributed by atoms with Crippen LogP contribution in [0.3, 0.4) is 0 Å². The van der Waals surface area contributed by atoms with Crippen LogP contribution in [0.25, 0.3) is 0 Å². The highest BCUT2D eigenvalue weighted by atomic mass is 35.5. The number of hydrogen-bond acceptors (Lipinski definition) is 2. The highest BCUT2D eigenvalue weighted by molar-refractivity contribution is 7.91. The molecule has 2 saturated carbocycles. The second-order valence-electron chi connectivity index (χ2n) is 6.53. The maximum Gasteiger partial charge on any atom is 0.179 e. The summed E-state index contributed by atoms with van der Waals surface area (Å²) in [5.41, 5.74) is 1.04. The van der Waals surface area contributed by atoms with Crippen LogP contribution in [0.2, 0.25) is 0 Å². The predicted octanol–water partition coefficient (Wildman–Crippen LogP) is 3.21. The number of rotatable bonds is 2. The van der Waals surface area contributed by atoms with E-state index in [0.717, 1.165) is 30.2 Å². The molecule has 3 atom stereocenters. The molecule has 2 nitrogen and oxygen atoms in total. The van der Waals surface area contributed by atoms with Crippen molar-refractivity contribution in [2.45, 2.75) is 30.1 Å². The highest BCUT2D eigenvalue weighted by Gasteiger charge is 2.58. The van der Waals surface area contributed by atoms with Crippen LogP contribution in [0.4, 0.5) is 0 Å². The minimum absolute atomic E-state index is 0.0226. The predicted molar refractivity (Wildman–Crippen MR) is 75.2 cm³/mol. The molecular weight excluding hydrogens is 280 g/mol. The van der Waals surface area contributed by atoms with Gasteiger partial charge in [0.2, 0.25) is 0 Å². The lowest BCUT2D eigenvalue weighted by molar-refractivity contribution is 0.254. The zero-order valence-electron chi connectivity index (χ0n) is 10.7. The third-order valence-electron chi connectivity index (χ3n) is 5.43. The van der Waals surface area contributed by atoms with Crippen molar-refractivity contribution in [3.8, 4) is 0 Å². The van der Waals surface area contributed by atoms with Crippen LogP contribution in [0.5, 0.6) is 0 Å². The molecule has 1 aromatic carbocycles. The second kappa shape index (κ2) is 3.76. The fraction of sp³-hybridized carbons (Fsp3) is 0.600. The van der Waals surface area contributed by atoms with Crippen molar-refractivity contribution in [2.24, 2.45) is 17.3 Å². The number of hydrogen-bond donors (Lipinski definition) is 0. The summed E-state index contributed by atoms with van der Waals surface area (Å²) in [6.07, 6.45) is 3.57. The average Bonchev–Trinajstić information content (AvgIpc) is 2.91. The fourth-order valence-corrected chi connectivity index (χ4v) is 6.79. The lowest BCUT2D eigenvalue weighted by atomic mass is 9.71. The molecule has 1 heterocycles. The van der Waals surface area contributed by atoms with Gasteiger partial charge in [-0.2, -0.15) is 0 Å². The Morgan fingerprint density at radius 1 is 1.21 bits per heavy atom. The number of fused-ring (bicyclic) bond motifs is 2. The van der Waals surface area contributed by atoms with Crippen molar-refractivity contribution in [3.63, 3.8) is 0 Å². The summed E-state index contributed by atoms with van der Waals surface area (Å²) >= 11 is 6.30. The van der Waals surface area contributed by atoms with E-state index >= 15 is 0 Å². The van der Waals surface area contributed by atoms with Crippen molar-refractivity contribution in [1.29, 1.82) is 0 Å². The fourth-order valence-electron chi connectivity index (χ4n) is 4.38. The smallest absolute Gasteiger partial charge is 0.179 e. The molecule has 2 aliphatic carbocycles. The molecule has 0 amide bonds. The Kier molecular flexibility index (Phi) is 2.42. The SMILES string of the molecule is O=S1(=O)CC(C2(CCl)CC3CC3C2)c2ccccc21. The van der Waals surface area contributed by atoms with Crippen molar-refractivity contribution in [2.75, 3.05) is 11.6 Å². The van der Waals surface area contributed by atoms with Crippen LogP contribution in [-0.4, -0.2) is 20.1 Å². The summed E-state index contributed by atoms with van der Waals surface area (Å²) in [5, 5.41) is 0. The van der Waals surface area contributed by atoms with Crippen LogP contribution in [0.15, 0.2) is 29.2 Å². The molecule has 3 unspecified atom stereocenters. The normalized spacial score (nSPS) is 41.8. The minimum atomic E-state index is -3.10. The van der Waals surface area contributed by atoms with Crippen LogP contribution < -0.4 is 0 Å². The third-order valence-corrected chi connectivity index (χ3v) is 7.77. The molecule has 102 valence electrons. The van der Waals surface area contributed by atoms with E-state index in [4.69, 9.17) is 11.6 Å². The summed E-state index contributed by atoms with van der Waals surface area (Å²) in [6, 6.07) is 7.51. The van der Waals surface area contributed by atoms with E-state index in [0.29, 0.717) is 10.8 Å². The lowest BCUT2D eigenvalue weighted by Crippen LogP contribution is -2.30. The summed E-state index contributed by atoms with van der Waals surface area (Å²) in [7, 11) is -3.10. The Hall–Kier alpha value is -0.540. The molecule has 0 bridgehead atoms. The molecule has 3 aliphatic rings. The largest absolute Gasteiger partial charge is 0.224 e. The summed E-state index contributed by atoms with van der Waals surface area (Å²) in [6.45, 7) is 0. The van der Waals surface area contributed by atoms with Crippen LogP contribution in [0, 0.1) is 17.3 Å². The molecule has 0 N–H and O–H groups in total. The molecule has 0 saturated heterocycles. The molecule has 1 aromatic rings. The van der Waals surface area contributed by atoms with E-state index in [9.17, 15) is 8.42 Å². The molecule has 0 radical (unpaired) electrons. The zero-order chi connectivity index (χ0) is 13.3. The van der Waals surface area contributed by atoms with E-state index < -0.39 is 9.84 Å². The number of benzene rings is 1. The van der Waals surface area contributed by atoms with Gasteiger partial charge >= 0.3 is 0 Å². The molecule has 4 rings (SSSR count). The molecule has 1 aliphatic heterocycles. The number of alkyl halides is 1. The minimum Gasteiger partial charge on any atom is -0.224 e. The zero-order valence-corrected chi connectivity index (χ0v) is 12.3. The first kappa shape index (κ1) is 12.2. The van der Waals surface area contributed by atoms with Gasteiger partial charge in [0.15, 0.2) is 9.84 Å². The van der Waals surface area contributed by atoms with Crippen LogP contribution in [0.1, 0.15) is 30.7 Å². The molecule has 2 fully saturated rings. The van der Waals surface area contributed by atoms with Gasteiger partial charge in [-0.3, -0.25) is 0 Å². The van der Waals surface area contributed by atoms with E-state index in [2.05, 4.69) is 0 Å². The summed E-state index contributed by atoms with van der Waals surface area (Å²) in [4.78, 5) is 0.546. The van der Waals surface area contributed by atoms with Gasteiger partial charge < -0.3 is 0 Å².